The van der Waals surface area contributed by atoms with E-state index in [4.69, 9.17) is 11.7 Å². The summed E-state index contributed by atoms with van der Waals surface area (Å²) in [6.07, 6.45) is 3.52. The van der Waals surface area contributed by atoms with Crippen molar-refractivity contribution in [3.63, 3.8) is 0 Å². The lowest BCUT2D eigenvalue weighted by Crippen LogP contribution is -2.44. The number of aromatic hydroxyl groups is 1. The number of carboxylic acid groups (broad SMARTS) is 1. The van der Waals surface area contributed by atoms with Gasteiger partial charge in [-0.2, -0.15) is 0 Å². The summed E-state index contributed by atoms with van der Waals surface area (Å²) in [5.74, 6) is -0.827. The van der Waals surface area contributed by atoms with Gasteiger partial charge in [-0.25, -0.2) is 4.85 Å². The first-order valence-electron chi connectivity index (χ1n) is 11.7. The van der Waals surface area contributed by atoms with Crippen molar-refractivity contribution in [1.82, 2.24) is 0 Å². The number of hydrogen-bond donors (Lipinski definition) is 2. The second kappa shape index (κ2) is 8.25. The van der Waals surface area contributed by atoms with Crippen molar-refractivity contribution in [2.75, 3.05) is 18.0 Å². The largest absolute Gasteiger partial charge is 0.507 e. The Balaban J connectivity index is 1.59. The lowest BCUT2D eigenvalue weighted by Gasteiger charge is -2.48. The van der Waals surface area contributed by atoms with Gasteiger partial charge in [0.25, 0.3) is 5.70 Å². The summed E-state index contributed by atoms with van der Waals surface area (Å²) < 4.78 is 0. The van der Waals surface area contributed by atoms with E-state index >= 15 is 0 Å². The highest BCUT2D eigenvalue weighted by Gasteiger charge is 2.42. The predicted octanol–water partition coefficient (Wildman–Crippen LogP) is 7.36. The molecule has 3 aromatic rings. The van der Waals surface area contributed by atoms with E-state index in [1.54, 1.807) is 11.3 Å². The highest BCUT2D eigenvalue weighted by Crippen LogP contribution is 2.55. The molecule has 1 aromatic carbocycles. The van der Waals surface area contributed by atoms with Gasteiger partial charge < -0.3 is 15.1 Å². The zero-order valence-corrected chi connectivity index (χ0v) is 21.9. The minimum Gasteiger partial charge on any atom is -0.507 e. The number of rotatable bonds is 4. The molecule has 7 heteroatoms. The summed E-state index contributed by atoms with van der Waals surface area (Å²) in [7, 11) is 0. The molecule has 5 nitrogen and oxygen atoms in total. The Labute approximate surface area is 213 Å². The Morgan fingerprint density at radius 3 is 2.34 bits per heavy atom. The fourth-order valence-corrected chi connectivity index (χ4v) is 7.27. The predicted molar refractivity (Wildman–Crippen MR) is 144 cm³/mol. The van der Waals surface area contributed by atoms with E-state index in [0.717, 1.165) is 56.6 Å². The van der Waals surface area contributed by atoms with Gasteiger partial charge in [0, 0.05) is 49.4 Å². The van der Waals surface area contributed by atoms with E-state index in [1.165, 1.54) is 28.7 Å². The number of aliphatic carboxylic acids is 1. The topological polar surface area (TPSA) is 65.1 Å². The van der Waals surface area contributed by atoms with E-state index in [2.05, 4.69) is 55.6 Å². The Morgan fingerprint density at radius 2 is 1.66 bits per heavy atom. The average Bonchev–Trinajstić information content (AvgIpc) is 3.45. The van der Waals surface area contributed by atoms with E-state index in [-0.39, 0.29) is 16.5 Å². The van der Waals surface area contributed by atoms with E-state index in [9.17, 15) is 9.90 Å². The number of carboxylic acids is 1. The zero-order valence-electron chi connectivity index (χ0n) is 20.3. The molecule has 0 unspecified atom stereocenters. The van der Waals surface area contributed by atoms with Gasteiger partial charge in [-0.3, -0.25) is 4.79 Å². The van der Waals surface area contributed by atoms with Gasteiger partial charge in [-0.05, 0) is 65.6 Å². The Morgan fingerprint density at radius 1 is 1.03 bits per heavy atom. The van der Waals surface area contributed by atoms with E-state index < -0.39 is 5.97 Å². The van der Waals surface area contributed by atoms with Crippen LogP contribution < -0.4 is 4.90 Å². The van der Waals surface area contributed by atoms with Crippen molar-refractivity contribution >= 4 is 40.4 Å². The molecule has 0 saturated heterocycles. The number of phenolic OH excluding ortho intramolecular Hbond substituents is 1. The maximum absolute atomic E-state index is 11.6. The van der Waals surface area contributed by atoms with Gasteiger partial charge in [-0.15, -0.1) is 22.7 Å². The van der Waals surface area contributed by atoms with Crippen molar-refractivity contribution < 1.29 is 15.0 Å². The van der Waals surface area contributed by atoms with Crippen LogP contribution in [0.2, 0.25) is 0 Å². The standard InChI is InChI=1S/C28H28N2O3S2/c1-27(2)10-12-30-13-11-28(3,4)23-24(30)18(27)15-17(25(23)31)20-8-9-22(35-20)21-7-6-16(34-21)14-19(29-5)26(32)33/h6-9,14-15,31H,10-13H2,1-4H3,(H,32,33)/b19-14-. The second-order valence-corrected chi connectivity index (χ2v) is 12.8. The lowest BCUT2D eigenvalue weighted by atomic mass is 9.68. The van der Waals surface area contributed by atoms with E-state index in [0.29, 0.717) is 5.75 Å². The van der Waals surface area contributed by atoms with Gasteiger partial charge in [0.2, 0.25) is 0 Å². The van der Waals surface area contributed by atoms with Crippen molar-refractivity contribution in [2.45, 2.75) is 51.4 Å². The van der Waals surface area contributed by atoms with Crippen molar-refractivity contribution in [2.24, 2.45) is 0 Å². The molecule has 2 aliphatic rings. The first-order chi connectivity index (χ1) is 16.5. The van der Waals surface area contributed by atoms with Crippen LogP contribution in [0.1, 0.15) is 56.5 Å². The Hall–Kier alpha value is -3.08. The molecule has 0 aliphatic carbocycles. The van der Waals surface area contributed by atoms with Crippen LogP contribution in [0.4, 0.5) is 5.69 Å². The molecule has 0 spiro atoms. The molecular weight excluding hydrogens is 476 g/mol. The summed E-state index contributed by atoms with van der Waals surface area (Å²) in [6.45, 7) is 18.2. The number of anilines is 1. The lowest BCUT2D eigenvalue weighted by molar-refractivity contribution is -0.132. The highest BCUT2D eigenvalue weighted by atomic mass is 32.1. The number of nitrogens with zero attached hydrogens (tertiary/aromatic N) is 2. The first-order valence-corrected chi connectivity index (χ1v) is 13.3. The van der Waals surface area contributed by atoms with Crippen LogP contribution >= 0.6 is 22.7 Å². The maximum atomic E-state index is 11.6. The van der Waals surface area contributed by atoms with Crippen molar-refractivity contribution in [3.05, 3.63) is 63.5 Å². The SMILES string of the molecule is [C-]#[N+]/C(=C\c1ccc(-c2ccc(-c3cc4c5c(c3O)C(C)(C)CCN5CCC4(C)C)s2)s1)C(=O)O. The fraction of sp³-hybridized carbons (Fsp3) is 0.357. The summed E-state index contributed by atoms with van der Waals surface area (Å²) in [4.78, 5) is 20.5. The van der Waals surface area contributed by atoms with Crippen LogP contribution in [0.3, 0.4) is 0 Å². The number of phenols is 1. The van der Waals surface area contributed by atoms with Crippen LogP contribution in [0.25, 0.3) is 31.1 Å². The van der Waals surface area contributed by atoms with Crippen LogP contribution in [0.15, 0.2) is 36.0 Å². The summed E-state index contributed by atoms with van der Waals surface area (Å²) in [5.41, 5.74) is 4.15. The highest BCUT2D eigenvalue weighted by molar-refractivity contribution is 7.24. The van der Waals surface area contributed by atoms with Gasteiger partial charge in [-0.1, -0.05) is 27.7 Å². The smallest absolute Gasteiger partial charge is 0.333 e. The molecule has 5 rings (SSSR count). The fourth-order valence-electron chi connectivity index (χ4n) is 5.21. The van der Waals surface area contributed by atoms with Crippen LogP contribution in [-0.4, -0.2) is 29.3 Å². The molecule has 0 atom stereocenters. The Bertz CT molecular complexity index is 1420. The van der Waals surface area contributed by atoms with Gasteiger partial charge >= 0.3 is 5.97 Å². The molecule has 0 amide bonds. The monoisotopic (exact) mass is 504 g/mol. The molecule has 0 saturated carbocycles. The third-order valence-electron chi connectivity index (χ3n) is 7.37. The summed E-state index contributed by atoms with van der Waals surface area (Å²) in [6, 6.07) is 10.1. The minimum absolute atomic E-state index is 0.0380. The average molecular weight is 505 g/mol. The van der Waals surface area contributed by atoms with Gasteiger partial charge in [0.1, 0.15) is 5.75 Å². The van der Waals surface area contributed by atoms with Crippen molar-refractivity contribution in [3.8, 4) is 25.9 Å². The molecular formula is C28H28N2O3S2. The Kier molecular flexibility index (Phi) is 5.58. The molecule has 0 radical (unpaired) electrons. The van der Waals surface area contributed by atoms with Crippen molar-refractivity contribution in [1.29, 1.82) is 0 Å². The molecule has 2 N–H and O–H groups in total. The minimum atomic E-state index is -1.22. The molecule has 4 heterocycles. The van der Waals surface area contributed by atoms with Gasteiger partial charge in [0.15, 0.2) is 0 Å². The first kappa shape index (κ1) is 23.7. The molecule has 35 heavy (non-hydrogen) atoms. The molecule has 2 aromatic heterocycles. The molecule has 2 aliphatic heterocycles. The molecule has 180 valence electrons. The normalized spacial score (nSPS) is 18.1. The zero-order chi connectivity index (χ0) is 25.1. The quantitative estimate of drug-likeness (QED) is 0.288. The van der Waals surface area contributed by atoms with Gasteiger partial charge in [0.05, 0.1) is 6.57 Å². The molecule has 0 bridgehead atoms. The summed E-state index contributed by atoms with van der Waals surface area (Å²) in [5, 5.41) is 20.7. The van der Waals surface area contributed by atoms with E-state index in [1.807, 2.05) is 12.1 Å². The summed E-state index contributed by atoms with van der Waals surface area (Å²) >= 11 is 3.08. The number of thiophene rings is 2. The number of hydrogen-bond acceptors (Lipinski definition) is 5. The maximum Gasteiger partial charge on any atom is 0.333 e. The number of carbonyl (C=O) groups is 1. The molecule has 0 fully saturated rings. The second-order valence-electron chi connectivity index (χ2n) is 10.6. The third-order valence-corrected chi connectivity index (χ3v) is 9.71. The van der Waals surface area contributed by atoms with Crippen LogP contribution in [0, 0.1) is 6.57 Å². The third kappa shape index (κ3) is 3.95. The van der Waals surface area contributed by atoms with Crippen LogP contribution in [-0.2, 0) is 15.6 Å². The van der Waals surface area contributed by atoms with Crippen LogP contribution in [0.5, 0.6) is 5.75 Å². The number of benzene rings is 1.